The first-order chi connectivity index (χ1) is 12.2. The number of hydrogen-bond donors (Lipinski definition) is 2. The summed E-state index contributed by atoms with van der Waals surface area (Å²) < 4.78 is 18.6. The highest BCUT2D eigenvalue weighted by atomic mass is 19.1. The van der Waals surface area contributed by atoms with Crippen molar-refractivity contribution in [1.82, 2.24) is 4.98 Å². The number of pyridine rings is 1. The van der Waals surface area contributed by atoms with Crippen LogP contribution in [0.2, 0.25) is 0 Å². The van der Waals surface area contributed by atoms with Crippen molar-refractivity contribution in [3.8, 4) is 5.75 Å². The lowest BCUT2D eigenvalue weighted by Crippen LogP contribution is -1.97. The highest BCUT2D eigenvalue weighted by Crippen LogP contribution is 2.34. The maximum absolute atomic E-state index is 12.9. The van der Waals surface area contributed by atoms with E-state index in [9.17, 15) is 9.50 Å². The van der Waals surface area contributed by atoms with Gasteiger partial charge in [-0.3, -0.25) is 0 Å². The third-order valence-electron chi connectivity index (χ3n) is 3.83. The van der Waals surface area contributed by atoms with Crippen molar-refractivity contribution in [2.24, 2.45) is 4.99 Å². The summed E-state index contributed by atoms with van der Waals surface area (Å²) in [6, 6.07) is 11.4. The number of aromatic nitrogens is 1. The molecule has 124 valence electrons. The van der Waals surface area contributed by atoms with Gasteiger partial charge >= 0.3 is 0 Å². The fourth-order valence-electron chi connectivity index (χ4n) is 2.56. The third kappa shape index (κ3) is 3.14. The Morgan fingerprint density at radius 3 is 2.88 bits per heavy atom. The molecule has 0 unspecified atom stereocenters. The molecule has 0 radical (unpaired) electrons. The number of hydrogen-bond acceptors (Lipinski definition) is 5. The number of halogens is 1. The second-order valence-electron chi connectivity index (χ2n) is 5.57. The molecule has 6 heteroatoms. The van der Waals surface area contributed by atoms with Crippen LogP contribution in [0.3, 0.4) is 0 Å². The zero-order valence-electron chi connectivity index (χ0n) is 13.1. The topological polar surface area (TPSA) is 70.7 Å². The Morgan fingerprint density at radius 1 is 1.20 bits per heavy atom. The molecule has 1 aliphatic rings. The van der Waals surface area contributed by atoms with Crippen LogP contribution < -0.4 is 5.32 Å². The minimum Gasteiger partial charge on any atom is -0.504 e. The van der Waals surface area contributed by atoms with Gasteiger partial charge in [0.1, 0.15) is 5.82 Å². The van der Waals surface area contributed by atoms with Gasteiger partial charge in [0.25, 0.3) is 0 Å². The number of allylic oxidation sites excluding steroid dienone is 1. The number of aliphatic imine (C=N–C) groups is 1. The Balaban J connectivity index is 1.52. The summed E-state index contributed by atoms with van der Waals surface area (Å²) in [5.74, 6) is 1.16. The van der Waals surface area contributed by atoms with E-state index in [4.69, 9.17) is 4.42 Å². The van der Waals surface area contributed by atoms with Crippen molar-refractivity contribution in [3.63, 3.8) is 0 Å². The molecule has 3 aromatic rings. The minimum atomic E-state index is -0.277. The van der Waals surface area contributed by atoms with E-state index in [1.165, 1.54) is 18.2 Å². The monoisotopic (exact) mass is 335 g/mol. The second-order valence-corrected chi connectivity index (χ2v) is 5.57. The van der Waals surface area contributed by atoms with Crippen molar-refractivity contribution in [3.05, 3.63) is 71.4 Å². The van der Waals surface area contributed by atoms with Gasteiger partial charge in [0, 0.05) is 36.2 Å². The van der Waals surface area contributed by atoms with Crippen molar-refractivity contribution >= 4 is 29.6 Å². The van der Waals surface area contributed by atoms with E-state index in [-0.39, 0.29) is 11.6 Å². The molecule has 0 saturated heterocycles. The molecule has 25 heavy (non-hydrogen) atoms. The lowest BCUT2D eigenvalue weighted by molar-refractivity contribution is 0.455. The molecule has 0 saturated carbocycles. The van der Waals surface area contributed by atoms with Crippen LogP contribution in [0, 0.1) is 5.82 Å². The molecule has 0 spiro atoms. The van der Waals surface area contributed by atoms with Crippen LogP contribution in [0.1, 0.15) is 16.9 Å². The Kier molecular flexibility index (Phi) is 3.78. The zero-order valence-corrected chi connectivity index (χ0v) is 13.1. The normalized spacial score (nSPS) is 14.0. The van der Waals surface area contributed by atoms with Gasteiger partial charge in [0.05, 0.1) is 0 Å². The van der Waals surface area contributed by atoms with E-state index < -0.39 is 0 Å². The summed E-state index contributed by atoms with van der Waals surface area (Å²) >= 11 is 0. The smallest absolute Gasteiger partial charge is 0.197 e. The summed E-state index contributed by atoms with van der Waals surface area (Å²) in [5, 5.41) is 13.1. The minimum absolute atomic E-state index is 0.0276. The number of nitrogens with one attached hydrogen (secondary N) is 1. The molecular weight excluding hydrogens is 321 g/mol. The van der Waals surface area contributed by atoms with Gasteiger partial charge in [0.2, 0.25) is 0 Å². The summed E-state index contributed by atoms with van der Waals surface area (Å²) in [5.41, 5.74) is 2.61. The average Bonchev–Trinajstić information content (AvgIpc) is 3.19. The molecule has 0 amide bonds. The number of rotatable bonds is 4. The standard InChI is InChI=1S/C19H14FN3O2/c20-14-5-3-12(4-6-14)10-22-18-9-16(24)17(25-18)8-13-11-23-19-15(13)2-1-7-21-19/h1-9,11,22,24H,10H2. The Hall–Kier alpha value is -3.41. The predicted octanol–water partition coefficient (Wildman–Crippen LogP) is 4.39. The number of nitrogens with zero attached hydrogens (tertiary/aromatic N) is 2. The van der Waals surface area contributed by atoms with Crippen LogP contribution >= 0.6 is 0 Å². The molecule has 0 bridgehead atoms. The van der Waals surface area contributed by atoms with Crippen LogP contribution in [0.5, 0.6) is 5.75 Å². The van der Waals surface area contributed by atoms with Crippen LogP contribution in [0.15, 0.2) is 58.1 Å². The molecular formula is C19H14FN3O2. The molecule has 1 aromatic carbocycles. The molecule has 0 fully saturated rings. The van der Waals surface area contributed by atoms with E-state index in [0.29, 0.717) is 24.0 Å². The highest BCUT2D eigenvalue weighted by molar-refractivity contribution is 6.20. The zero-order chi connectivity index (χ0) is 17.2. The molecule has 4 rings (SSSR count). The van der Waals surface area contributed by atoms with Gasteiger partial charge in [-0.25, -0.2) is 14.4 Å². The fourth-order valence-corrected chi connectivity index (χ4v) is 2.56. The molecule has 0 aliphatic carbocycles. The van der Waals surface area contributed by atoms with E-state index in [0.717, 1.165) is 16.7 Å². The number of aromatic hydroxyl groups is 1. The second kappa shape index (κ2) is 6.24. The fraction of sp³-hybridized carbons (Fsp3) is 0.0526. The number of fused-ring (bicyclic) bond motifs is 1. The van der Waals surface area contributed by atoms with Gasteiger partial charge in [-0.05, 0) is 35.9 Å². The Morgan fingerprint density at radius 2 is 2.04 bits per heavy atom. The van der Waals surface area contributed by atoms with Crippen LogP contribution in [0.4, 0.5) is 16.1 Å². The van der Waals surface area contributed by atoms with Gasteiger partial charge < -0.3 is 14.8 Å². The van der Waals surface area contributed by atoms with E-state index in [1.54, 1.807) is 30.6 Å². The lowest BCUT2D eigenvalue weighted by Gasteiger charge is -2.02. The summed E-state index contributed by atoms with van der Waals surface area (Å²) in [4.78, 5) is 8.40. The average molecular weight is 335 g/mol. The van der Waals surface area contributed by atoms with Crippen molar-refractivity contribution < 1.29 is 13.9 Å². The molecule has 3 heterocycles. The van der Waals surface area contributed by atoms with Gasteiger partial charge in [-0.2, -0.15) is 0 Å². The SMILES string of the molecule is Oc1cc(NCc2ccc(F)cc2)oc1C=C1C=Nc2ncccc21. The quantitative estimate of drug-likeness (QED) is 0.742. The molecule has 5 nitrogen and oxygen atoms in total. The van der Waals surface area contributed by atoms with Crippen molar-refractivity contribution in [1.29, 1.82) is 0 Å². The summed E-state index contributed by atoms with van der Waals surface area (Å²) in [6.07, 6.45) is 5.08. The van der Waals surface area contributed by atoms with E-state index >= 15 is 0 Å². The first-order valence-corrected chi connectivity index (χ1v) is 7.71. The number of furan rings is 1. The van der Waals surface area contributed by atoms with Crippen LogP contribution in [-0.4, -0.2) is 16.3 Å². The first kappa shape index (κ1) is 15.1. The molecule has 2 aromatic heterocycles. The third-order valence-corrected chi connectivity index (χ3v) is 3.83. The van der Waals surface area contributed by atoms with Crippen molar-refractivity contribution in [2.75, 3.05) is 5.32 Å². The van der Waals surface area contributed by atoms with E-state index in [1.807, 2.05) is 12.1 Å². The van der Waals surface area contributed by atoms with Gasteiger partial charge in [-0.15, -0.1) is 0 Å². The Labute approximate surface area is 143 Å². The molecule has 0 atom stereocenters. The molecule has 1 aliphatic heterocycles. The Bertz CT molecular complexity index is 975. The largest absolute Gasteiger partial charge is 0.504 e. The van der Waals surface area contributed by atoms with E-state index in [2.05, 4.69) is 15.3 Å². The van der Waals surface area contributed by atoms with Gasteiger partial charge in [-0.1, -0.05) is 12.1 Å². The number of anilines is 1. The van der Waals surface area contributed by atoms with Crippen molar-refractivity contribution in [2.45, 2.75) is 6.54 Å². The maximum atomic E-state index is 12.9. The first-order valence-electron chi connectivity index (χ1n) is 7.71. The molecule has 2 N–H and O–H groups in total. The summed E-state index contributed by atoms with van der Waals surface area (Å²) in [7, 11) is 0. The maximum Gasteiger partial charge on any atom is 0.197 e. The predicted molar refractivity (Wildman–Crippen MR) is 94.4 cm³/mol. The summed E-state index contributed by atoms with van der Waals surface area (Å²) in [6.45, 7) is 0.456. The lowest BCUT2D eigenvalue weighted by atomic mass is 10.1. The van der Waals surface area contributed by atoms with Crippen LogP contribution in [-0.2, 0) is 6.54 Å². The highest BCUT2D eigenvalue weighted by Gasteiger charge is 2.15. The number of benzene rings is 1. The van der Waals surface area contributed by atoms with Crippen LogP contribution in [0.25, 0.3) is 11.6 Å². The van der Waals surface area contributed by atoms with Gasteiger partial charge in [0.15, 0.2) is 23.2 Å².